The van der Waals surface area contributed by atoms with Gasteiger partial charge in [0, 0.05) is 31.6 Å². The highest BCUT2D eigenvalue weighted by atomic mass is 16.4. The largest absolute Gasteiger partial charge is 0.478 e. The minimum Gasteiger partial charge on any atom is -0.478 e. The zero-order chi connectivity index (χ0) is 15.0. The van der Waals surface area contributed by atoms with Crippen molar-refractivity contribution in [2.75, 3.05) is 38.1 Å². The van der Waals surface area contributed by atoms with E-state index in [1.165, 1.54) is 0 Å². The molecule has 110 valence electrons. The maximum Gasteiger partial charge on any atom is 0.335 e. The number of rotatable bonds is 2. The molecule has 0 saturated carbocycles. The summed E-state index contributed by atoms with van der Waals surface area (Å²) in [6.07, 6.45) is 0. The van der Waals surface area contributed by atoms with Crippen molar-refractivity contribution in [3.8, 4) is 0 Å². The molecular formula is C16H19N3O2. The average molecular weight is 285 g/mol. The van der Waals surface area contributed by atoms with Gasteiger partial charge in [-0.05, 0) is 37.7 Å². The highest BCUT2D eigenvalue weighted by Gasteiger charge is 2.16. The molecule has 0 unspecified atom stereocenters. The molecule has 3 rings (SSSR count). The van der Waals surface area contributed by atoms with Crippen LogP contribution in [0.1, 0.15) is 15.9 Å². The van der Waals surface area contributed by atoms with Crippen LogP contribution in [0.15, 0.2) is 24.3 Å². The summed E-state index contributed by atoms with van der Waals surface area (Å²) < 4.78 is 0. The molecule has 1 N–H and O–H groups in total. The number of nitrogens with zero attached hydrogens (tertiary/aromatic N) is 3. The highest BCUT2D eigenvalue weighted by Crippen LogP contribution is 2.24. The van der Waals surface area contributed by atoms with Gasteiger partial charge in [0.05, 0.1) is 11.1 Å². The fourth-order valence-electron chi connectivity index (χ4n) is 2.72. The summed E-state index contributed by atoms with van der Waals surface area (Å²) in [4.78, 5) is 20.3. The van der Waals surface area contributed by atoms with Crippen LogP contribution in [0.25, 0.3) is 10.9 Å². The van der Waals surface area contributed by atoms with Crippen LogP contribution in [-0.4, -0.2) is 54.2 Å². The van der Waals surface area contributed by atoms with Crippen LogP contribution in [-0.2, 0) is 0 Å². The number of likely N-dealkylation sites (N-methyl/N-ethyl adjacent to an activating group) is 1. The number of aromatic carboxylic acids is 1. The molecule has 2 aromatic rings. The zero-order valence-electron chi connectivity index (χ0n) is 12.3. The maximum absolute atomic E-state index is 11.1. The zero-order valence-corrected chi connectivity index (χ0v) is 12.3. The van der Waals surface area contributed by atoms with Gasteiger partial charge in [-0.1, -0.05) is 6.07 Å². The van der Waals surface area contributed by atoms with Gasteiger partial charge < -0.3 is 14.9 Å². The number of carbonyl (C=O) groups is 1. The lowest BCUT2D eigenvalue weighted by atomic mass is 10.1. The van der Waals surface area contributed by atoms with E-state index in [1.54, 1.807) is 12.1 Å². The molecule has 1 aromatic heterocycles. The smallest absolute Gasteiger partial charge is 0.335 e. The third kappa shape index (κ3) is 2.69. The summed E-state index contributed by atoms with van der Waals surface area (Å²) in [6, 6.07) is 7.22. The molecule has 0 radical (unpaired) electrons. The molecule has 0 spiro atoms. The molecule has 1 fully saturated rings. The number of piperazine rings is 1. The topological polar surface area (TPSA) is 56.7 Å². The molecule has 0 amide bonds. The van der Waals surface area contributed by atoms with E-state index in [1.807, 2.05) is 13.0 Å². The van der Waals surface area contributed by atoms with E-state index in [-0.39, 0.29) is 5.56 Å². The quantitative estimate of drug-likeness (QED) is 0.914. The lowest BCUT2D eigenvalue weighted by molar-refractivity contribution is 0.0697. The van der Waals surface area contributed by atoms with E-state index in [9.17, 15) is 4.79 Å². The minimum atomic E-state index is -0.915. The number of hydrogen-bond donors (Lipinski definition) is 1. The second kappa shape index (κ2) is 5.33. The molecule has 5 nitrogen and oxygen atoms in total. The summed E-state index contributed by atoms with van der Waals surface area (Å²) in [5.74, 6) is 0.0250. The van der Waals surface area contributed by atoms with Gasteiger partial charge in [0.25, 0.3) is 0 Å². The van der Waals surface area contributed by atoms with Crippen molar-refractivity contribution < 1.29 is 9.90 Å². The first kappa shape index (κ1) is 13.8. The van der Waals surface area contributed by atoms with Gasteiger partial charge in [-0.2, -0.15) is 0 Å². The van der Waals surface area contributed by atoms with E-state index < -0.39 is 5.97 Å². The van der Waals surface area contributed by atoms with Gasteiger partial charge in [0.1, 0.15) is 5.82 Å². The lowest BCUT2D eigenvalue weighted by Gasteiger charge is -2.33. The van der Waals surface area contributed by atoms with Gasteiger partial charge in [0.15, 0.2) is 0 Å². The number of carboxylic acid groups (broad SMARTS) is 1. The molecule has 1 saturated heterocycles. The normalized spacial score (nSPS) is 16.4. The first-order valence-electron chi connectivity index (χ1n) is 7.13. The maximum atomic E-state index is 11.1. The summed E-state index contributed by atoms with van der Waals surface area (Å²) in [5, 5.41) is 10.1. The Hall–Kier alpha value is -2.14. The third-order valence-electron chi connectivity index (χ3n) is 4.08. The molecule has 0 atom stereocenters. The van der Waals surface area contributed by atoms with Crippen molar-refractivity contribution in [2.45, 2.75) is 6.92 Å². The SMILES string of the molecule is Cc1cc(N2CCN(C)CC2)nc2cc(C(=O)O)ccc12. The molecule has 2 heterocycles. The Kier molecular flexibility index (Phi) is 3.51. The Balaban J connectivity index is 2.02. The molecule has 1 aliphatic rings. The second-order valence-corrected chi connectivity index (χ2v) is 5.62. The molecule has 0 bridgehead atoms. The van der Waals surface area contributed by atoms with E-state index in [2.05, 4.69) is 27.9 Å². The molecule has 0 aliphatic carbocycles. The molecule has 1 aliphatic heterocycles. The number of benzene rings is 1. The predicted octanol–water partition coefficient (Wildman–Crippen LogP) is 1.99. The third-order valence-corrected chi connectivity index (χ3v) is 4.08. The number of hydrogen-bond acceptors (Lipinski definition) is 4. The number of aryl methyl sites for hydroxylation is 1. The van der Waals surface area contributed by atoms with Gasteiger partial charge in [-0.15, -0.1) is 0 Å². The van der Waals surface area contributed by atoms with Crippen LogP contribution in [0.5, 0.6) is 0 Å². The molecule has 5 heteroatoms. The van der Waals surface area contributed by atoms with E-state index in [0.717, 1.165) is 48.5 Å². The number of carboxylic acids is 1. The van der Waals surface area contributed by atoms with E-state index >= 15 is 0 Å². The summed E-state index contributed by atoms with van der Waals surface area (Å²) in [5.41, 5.74) is 2.17. The molecular weight excluding hydrogens is 266 g/mol. The second-order valence-electron chi connectivity index (χ2n) is 5.62. The summed E-state index contributed by atoms with van der Waals surface area (Å²) in [7, 11) is 2.12. The van der Waals surface area contributed by atoms with Gasteiger partial charge in [-0.25, -0.2) is 9.78 Å². The van der Waals surface area contributed by atoms with Crippen molar-refractivity contribution in [1.82, 2.24) is 9.88 Å². The van der Waals surface area contributed by atoms with Crippen LogP contribution < -0.4 is 4.90 Å². The Morgan fingerprint density at radius 1 is 1.19 bits per heavy atom. The van der Waals surface area contributed by atoms with Crippen LogP contribution in [0.4, 0.5) is 5.82 Å². The number of fused-ring (bicyclic) bond motifs is 1. The number of anilines is 1. The van der Waals surface area contributed by atoms with Gasteiger partial charge >= 0.3 is 5.97 Å². The predicted molar refractivity (Wildman–Crippen MR) is 83.1 cm³/mol. The lowest BCUT2D eigenvalue weighted by Crippen LogP contribution is -2.44. The van der Waals surface area contributed by atoms with Crippen molar-refractivity contribution in [3.05, 3.63) is 35.4 Å². The van der Waals surface area contributed by atoms with Crippen molar-refractivity contribution in [3.63, 3.8) is 0 Å². The van der Waals surface area contributed by atoms with Crippen LogP contribution in [0.2, 0.25) is 0 Å². The van der Waals surface area contributed by atoms with Crippen molar-refractivity contribution in [2.24, 2.45) is 0 Å². The Labute approximate surface area is 123 Å². The number of aromatic nitrogens is 1. The summed E-state index contributed by atoms with van der Waals surface area (Å²) >= 11 is 0. The molecule has 1 aromatic carbocycles. The highest BCUT2D eigenvalue weighted by molar-refractivity contribution is 5.94. The van der Waals surface area contributed by atoms with Crippen LogP contribution in [0, 0.1) is 6.92 Å². The van der Waals surface area contributed by atoms with E-state index in [4.69, 9.17) is 5.11 Å². The average Bonchev–Trinajstić information content (AvgIpc) is 2.47. The van der Waals surface area contributed by atoms with Crippen LogP contribution in [0.3, 0.4) is 0 Å². The Morgan fingerprint density at radius 2 is 1.90 bits per heavy atom. The van der Waals surface area contributed by atoms with Crippen molar-refractivity contribution in [1.29, 1.82) is 0 Å². The van der Waals surface area contributed by atoms with Gasteiger partial charge in [-0.3, -0.25) is 0 Å². The monoisotopic (exact) mass is 285 g/mol. The standard InChI is InChI=1S/C16H19N3O2/c1-11-9-15(19-7-5-18(2)6-8-19)17-14-10-12(16(20)21)3-4-13(11)14/h3-4,9-10H,5-8H2,1-2H3,(H,20,21). The fraction of sp³-hybridized carbons (Fsp3) is 0.375. The van der Waals surface area contributed by atoms with E-state index in [0.29, 0.717) is 0 Å². The minimum absolute atomic E-state index is 0.282. The Morgan fingerprint density at radius 3 is 2.57 bits per heavy atom. The van der Waals surface area contributed by atoms with Crippen LogP contribution >= 0.6 is 0 Å². The fourth-order valence-corrected chi connectivity index (χ4v) is 2.72. The Bertz CT molecular complexity index is 691. The summed E-state index contributed by atoms with van der Waals surface area (Å²) in [6.45, 7) is 5.99. The number of pyridine rings is 1. The molecule has 21 heavy (non-hydrogen) atoms. The first-order chi connectivity index (χ1) is 10.0. The first-order valence-corrected chi connectivity index (χ1v) is 7.13. The van der Waals surface area contributed by atoms with Gasteiger partial charge in [0.2, 0.25) is 0 Å². The van der Waals surface area contributed by atoms with Crippen molar-refractivity contribution >= 4 is 22.7 Å².